The molecule has 11 heteroatoms. The molecule has 0 aliphatic carbocycles. The third-order valence-electron chi connectivity index (χ3n) is 5.94. The molecule has 0 saturated heterocycles. The quantitative estimate of drug-likeness (QED) is 0.0385. The zero-order valence-electron chi connectivity index (χ0n) is 24.4. The normalized spacial score (nSPS) is 14.2. The number of hydrogen-bond acceptors (Lipinski definition) is 8. The van der Waals surface area contributed by atoms with Gasteiger partial charge in [0.15, 0.2) is 0 Å². The second-order valence-corrected chi connectivity index (χ2v) is 19.5. The van der Waals surface area contributed by atoms with Crippen LogP contribution in [0.1, 0.15) is 142 Å². The minimum atomic E-state index is -2.33. The van der Waals surface area contributed by atoms with Crippen molar-refractivity contribution in [1.29, 1.82) is 0 Å². The minimum Gasteiger partial charge on any atom is -0.691 e. The fourth-order valence-electron chi connectivity index (χ4n) is 3.64. The summed E-state index contributed by atoms with van der Waals surface area (Å²) in [4.78, 5) is 0. The van der Waals surface area contributed by atoms with Crippen molar-refractivity contribution in [3.63, 3.8) is 0 Å². The Morgan fingerprint density at radius 1 is 0.459 bits per heavy atom. The van der Waals surface area contributed by atoms with Crippen LogP contribution in [0.15, 0.2) is 0 Å². The van der Waals surface area contributed by atoms with Crippen molar-refractivity contribution in [2.45, 2.75) is 142 Å². The second-order valence-electron chi connectivity index (χ2n) is 9.29. The third-order valence-corrected chi connectivity index (χ3v) is 10.9. The van der Waals surface area contributed by atoms with E-state index in [4.69, 9.17) is 66.2 Å². The molecule has 220 valence electrons. The van der Waals surface area contributed by atoms with E-state index >= 15 is 0 Å². The zero-order chi connectivity index (χ0) is 27.4. The Hall–Kier alpha value is 2.46. The molecule has 0 aromatic carbocycles. The monoisotopic (exact) mass is 686 g/mol. The van der Waals surface area contributed by atoms with Crippen molar-refractivity contribution >= 4 is 59.5 Å². The van der Waals surface area contributed by atoms with Gasteiger partial charge in [-0.2, -0.15) is 0 Å². The van der Waals surface area contributed by atoms with E-state index in [0.29, 0.717) is 13.2 Å². The first kappa shape index (κ1) is 43.9. The zero-order valence-corrected chi connectivity index (χ0v) is 32.4. The van der Waals surface area contributed by atoms with Crippen LogP contribution < -0.4 is 0 Å². The Bertz CT molecular complexity index is 503. The Morgan fingerprint density at radius 2 is 0.676 bits per heavy atom. The Kier molecular flexibility index (Phi) is 39.1. The SMILES string of the molecule is CCCCCCCCCCCCOP(=S)([S-])OC.CCCCCCCCCCCCOP(=S)([S-])OC.[Zn+2]. The van der Waals surface area contributed by atoms with Crippen LogP contribution in [-0.4, -0.2) is 27.4 Å². The van der Waals surface area contributed by atoms with Gasteiger partial charge in [-0.1, -0.05) is 153 Å². The maximum Gasteiger partial charge on any atom is 2.00 e. The summed E-state index contributed by atoms with van der Waals surface area (Å²) in [6.45, 7) is 5.83. The molecule has 0 N–H and O–H groups in total. The van der Waals surface area contributed by atoms with E-state index in [2.05, 4.69) is 13.8 Å². The summed E-state index contributed by atoms with van der Waals surface area (Å²) in [5.41, 5.74) is -4.67. The average molecular weight is 688 g/mol. The van der Waals surface area contributed by atoms with E-state index in [1.54, 1.807) is 0 Å². The summed E-state index contributed by atoms with van der Waals surface area (Å²) < 4.78 is 20.6. The van der Waals surface area contributed by atoms with Gasteiger partial charge in [0, 0.05) is 14.2 Å². The van der Waals surface area contributed by atoms with Crippen molar-refractivity contribution in [2.75, 3.05) is 27.4 Å². The van der Waals surface area contributed by atoms with Crippen molar-refractivity contribution in [3.8, 4) is 0 Å². The molecule has 0 aromatic heterocycles. The summed E-state index contributed by atoms with van der Waals surface area (Å²) in [6, 6.07) is 0. The van der Waals surface area contributed by atoms with E-state index < -0.39 is 11.4 Å². The fourth-order valence-corrected chi connectivity index (χ4v) is 5.45. The molecule has 0 amide bonds. The molecule has 0 fully saturated rings. The van der Waals surface area contributed by atoms with Gasteiger partial charge in [0.1, 0.15) is 0 Å². The Morgan fingerprint density at radius 3 is 0.892 bits per heavy atom. The standard InChI is InChI=1S/2C13H29O2PS2.Zn/c2*1-3-4-5-6-7-8-9-10-11-12-13-15-16(17,18)14-2;/h2*3-13H2,1-2H3,(H,17,18);/q;;+2/p-2. The molecule has 2 atom stereocenters. The van der Waals surface area contributed by atoms with Gasteiger partial charge in [-0.3, -0.25) is 0 Å². The van der Waals surface area contributed by atoms with Gasteiger partial charge in [-0.15, -0.1) is 0 Å². The van der Waals surface area contributed by atoms with Crippen molar-refractivity contribution < 1.29 is 37.6 Å². The summed E-state index contributed by atoms with van der Waals surface area (Å²) in [5.74, 6) is 0. The van der Waals surface area contributed by atoms with E-state index in [0.717, 1.165) is 12.8 Å². The Balaban J connectivity index is -0.000000608. The average Bonchev–Trinajstić information content (AvgIpc) is 2.86. The molecular weight excluding hydrogens is 632 g/mol. The first-order chi connectivity index (χ1) is 17.2. The molecule has 0 rings (SSSR count). The third kappa shape index (κ3) is 38.5. The molecule has 2 unspecified atom stereocenters. The molecule has 0 aliphatic heterocycles. The minimum absolute atomic E-state index is 0. The van der Waals surface area contributed by atoms with Crippen LogP contribution in [0.5, 0.6) is 0 Å². The predicted molar refractivity (Wildman–Crippen MR) is 173 cm³/mol. The first-order valence-electron chi connectivity index (χ1n) is 14.3. The molecule has 0 aromatic rings. The maximum atomic E-state index is 5.37. The predicted octanol–water partition coefficient (Wildman–Crippen LogP) is 10.7. The largest absolute Gasteiger partial charge is 2.00 e. The van der Waals surface area contributed by atoms with Crippen LogP contribution in [0.25, 0.3) is 0 Å². The van der Waals surface area contributed by atoms with Gasteiger partial charge in [0.2, 0.25) is 0 Å². The summed E-state index contributed by atoms with van der Waals surface area (Å²) in [7, 11) is 3.07. The van der Waals surface area contributed by atoms with Crippen LogP contribution in [0.3, 0.4) is 0 Å². The topological polar surface area (TPSA) is 36.9 Å². The number of unbranched alkanes of at least 4 members (excludes halogenated alkanes) is 18. The summed E-state index contributed by atoms with van der Waals surface area (Å²) >= 11 is 20.0. The smallest absolute Gasteiger partial charge is 0.691 e. The van der Waals surface area contributed by atoms with Gasteiger partial charge < -0.3 is 42.6 Å². The van der Waals surface area contributed by atoms with Gasteiger partial charge in [-0.25, -0.2) is 0 Å². The van der Waals surface area contributed by atoms with E-state index in [1.165, 1.54) is 130 Å². The number of rotatable bonds is 26. The molecule has 0 radical (unpaired) electrons. The van der Waals surface area contributed by atoms with Crippen LogP contribution >= 0.6 is 11.4 Å². The molecule has 0 aliphatic rings. The van der Waals surface area contributed by atoms with E-state index in [1.807, 2.05) is 0 Å². The maximum absolute atomic E-state index is 5.37. The van der Waals surface area contributed by atoms with Crippen molar-refractivity contribution in [3.05, 3.63) is 0 Å². The fraction of sp³-hybridized carbons (Fsp3) is 1.00. The molecular formula is C26H56O4P2S4Zn. The van der Waals surface area contributed by atoms with Gasteiger partial charge in [0.25, 0.3) is 0 Å². The summed E-state index contributed by atoms with van der Waals surface area (Å²) in [6.07, 6.45) is 26.4. The van der Waals surface area contributed by atoms with Crippen molar-refractivity contribution in [1.82, 2.24) is 0 Å². The van der Waals surface area contributed by atoms with Gasteiger partial charge >= 0.3 is 19.5 Å². The molecule has 0 saturated carbocycles. The van der Waals surface area contributed by atoms with Crippen LogP contribution in [0, 0.1) is 0 Å². The van der Waals surface area contributed by atoms with Crippen LogP contribution in [-0.2, 0) is 85.7 Å². The number of hydrogen-bond donors (Lipinski definition) is 0. The molecule has 4 nitrogen and oxygen atoms in total. The summed E-state index contributed by atoms with van der Waals surface area (Å²) in [5, 5.41) is 0. The van der Waals surface area contributed by atoms with E-state index in [-0.39, 0.29) is 19.5 Å². The van der Waals surface area contributed by atoms with Gasteiger partial charge in [-0.05, 0) is 12.8 Å². The Labute approximate surface area is 265 Å². The van der Waals surface area contributed by atoms with E-state index in [9.17, 15) is 0 Å². The van der Waals surface area contributed by atoms with Gasteiger partial charge in [0.05, 0.1) is 24.6 Å². The second kappa shape index (κ2) is 33.0. The van der Waals surface area contributed by atoms with Crippen LogP contribution in [0.2, 0.25) is 0 Å². The molecule has 37 heavy (non-hydrogen) atoms. The first-order valence-corrected chi connectivity index (χ1v) is 21.6. The molecule has 0 spiro atoms. The molecule has 0 bridgehead atoms. The molecule has 0 heterocycles. The van der Waals surface area contributed by atoms with Crippen LogP contribution in [0.4, 0.5) is 0 Å². The van der Waals surface area contributed by atoms with Crippen molar-refractivity contribution in [2.24, 2.45) is 0 Å².